The van der Waals surface area contributed by atoms with Gasteiger partial charge in [0.25, 0.3) is 0 Å². The molecule has 3 saturated heterocycles. The van der Waals surface area contributed by atoms with E-state index in [0.717, 1.165) is 19.0 Å². The first-order chi connectivity index (χ1) is 5.30. The number of carbonyl (C=O) groups is 1. The molecule has 4 fully saturated rings. The number of hydrogen-bond acceptors (Lipinski definition) is 2. The molecular weight excluding hydrogens is 140 g/mol. The van der Waals surface area contributed by atoms with Gasteiger partial charge in [-0.05, 0) is 18.8 Å². The number of hydrogen-bond donors (Lipinski definition) is 1. The molecule has 4 aliphatic rings. The molecule has 1 amide bonds. The second kappa shape index (κ2) is 1.61. The van der Waals surface area contributed by atoms with Crippen LogP contribution >= 0.6 is 0 Å². The standard InChI is InChI=1S/C8H12N2O/c11-7-3-9-5-8-1-6(2-8)4-10(7)8/h6,9H,1-5H2. The van der Waals surface area contributed by atoms with Crippen molar-refractivity contribution in [3.05, 3.63) is 0 Å². The van der Waals surface area contributed by atoms with E-state index in [0.29, 0.717) is 12.5 Å². The molecule has 0 unspecified atom stereocenters. The Hall–Kier alpha value is -0.570. The molecule has 0 aromatic carbocycles. The molecule has 1 saturated carbocycles. The van der Waals surface area contributed by atoms with E-state index in [4.69, 9.17) is 0 Å². The maximum absolute atomic E-state index is 11.4. The van der Waals surface area contributed by atoms with E-state index < -0.39 is 0 Å². The van der Waals surface area contributed by atoms with Crippen LogP contribution in [0.2, 0.25) is 0 Å². The third-order valence-corrected chi connectivity index (χ3v) is 3.38. The quantitative estimate of drug-likeness (QED) is 0.511. The van der Waals surface area contributed by atoms with Crippen LogP contribution in [0, 0.1) is 5.92 Å². The molecule has 3 nitrogen and oxygen atoms in total. The zero-order valence-electron chi connectivity index (χ0n) is 6.47. The molecule has 3 heteroatoms. The Morgan fingerprint density at radius 1 is 1.55 bits per heavy atom. The number of nitrogens with one attached hydrogen (secondary N) is 1. The zero-order valence-corrected chi connectivity index (χ0v) is 6.47. The van der Waals surface area contributed by atoms with Gasteiger partial charge in [-0.1, -0.05) is 0 Å². The molecule has 0 radical (unpaired) electrons. The fourth-order valence-corrected chi connectivity index (χ4v) is 2.92. The van der Waals surface area contributed by atoms with E-state index in [9.17, 15) is 4.79 Å². The second-order valence-electron chi connectivity index (χ2n) is 4.11. The van der Waals surface area contributed by atoms with Gasteiger partial charge in [0.05, 0.1) is 12.1 Å². The summed E-state index contributed by atoms with van der Waals surface area (Å²) in [5.41, 5.74) is 0.278. The van der Waals surface area contributed by atoms with Crippen LogP contribution in [0.1, 0.15) is 12.8 Å². The Labute approximate surface area is 65.7 Å². The van der Waals surface area contributed by atoms with Crippen LogP contribution < -0.4 is 5.32 Å². The molecule has 3 aliphatic heterocycles. The largest absolute Gasteiger partial charge is 0.334 e. The Bertz CT molecular complexity index is 220. The molecule has 1 N–H and O–H groups in total. The lowest BCUT2D eigenvalue weighted by molar-refractivity contribution is -0.136. The van der Waals surface area contributed by atoms with Crippen molar-refractivity contribution in [2.24, 2.45) is 5.92 Å². The summed E-state index contributed by atoms with van der Waals surface area (Å²) in [6.07, 6.45) is 2.51. The topological polar surface area (TPSA) is 32.3 Å². The minimum Gasteiger partial charge on any atom is -0.334 e. The molecule has 0 atom stereocenters. The van der Waals surface area contributed by atoms with Crippen molar-refractivity contribution >= 4 is 5.91 Å². The van der Waals surface area contributed by atoms with E-state index in [1.165, 1.54) is 12.8 Å². The maximum Gasteiger partial charge on any atom is 0.237 e. The Kier molecular flexibility index (Phi) is 0.876. The molecule has 0 aromatic rings. The van der Waals surface area contributed by atoms with Crippen LogP contribution in [-0.2, 0) is 4.79 Å². The van der Waals surface area contributed by atoms with Crippen molar-refractivity contribution in [2.75, 3.05) is 19.6 Å². The molecular formula is C8H12N2O. The van der Waals surface area contributed by atoms with Crippen molar-refractivity contribution in [3.8, 4) is 0 Å². The van der Waals surface area contributed by atoms with Gasteiger partial charge < -0.3 is 10.2 Å². The monoisotopic (exact) mass is 152 g/mol. The van der Waals surface area contributed by atoms with Gasteiger partial charge in [-0.3, -0.25) is 4.79 Å². The smallest absolute Gasteiger partial charge is 0.237 e. The first-order valence-electron chi connectivity index (χ1n) is 4.31. The van der Waals surface area contributed by atoms with Crippen molar-refractivity contribution in [1.82, 2.24) is 10.2 Å². The average molecular weight is 152 g/mol. The molecule has 2 bridgehead atoms. The number of carbonyl (C=O) groups excluding carboxylic acids is 1. The summed E-state index contributed by atoms with van der Waals surface area (Å²) in [5.74, 6) is 1.15. The molecule has 4 rings (SSSR count). The highest BCUT2D eigenvalue weighted by atomic mass is 16.2. The minimum absolute atomic E-state index is 0.278. The zero-order chi connectivity index (χ0) is 7.47. The highest BCUT2D eigenvalue weighted by Gasteiger charge is 2.58. The fraction of sp³-hybridized carbons (Fsp3) is 0.875. The summed E-state index contributed by atoms with van der Waals surface area (Å²) in [6, 6.07) is 0. The van der Waals surface area contributed by atoms with Gasteiger partial charge >= 0.3 is 0 Å². The highest BCUT2D eigenvalue weighted by molar-refractivity contribution is 5.81. The minimum atomic E-state index is 0.278. The lowest BCUT2D eigenvalue weighted by Gasteiger charge is -2.45. The Balaban J connectivity index is 1.96. The van der Waals surface area contributed by atoms with Gasteiger partial charge in [0, 0.05) is 13.1 Å². The summed E-state index contributed by atoms with van der Waals surface area (Å²) in [4.78, 5) is 13.5. The first-order valence-corrected chi connectivity index (χ1v) is 4.31. The Morgan fingerprint density at radius 2 is 2.36 bits per heavy atom. The van der Waals surface area contributed by atoms with Gasteiger partial charge in [-0.15, -0.1) is 0 Å². The summed E-state index contributed by atoms with van der Waals surface area (Å²) in [6.45, 7) is 2.64. The lowest BCUT2D eigenvalue weighted by atomic mass is 9.73. The predicted molar refractivity (Wildman–Crippen MR) is 40.0 cm³/mol. The molecule has 11 heavy (non-hydrogen) atoms. The van der Waals surface area contributed by atoms with Crippen LogP contribution in [0.5, 0.6) is 0 Å². The van der Waals surface area contributed by atoms with Crippen molar-refractivity contribution in [1.29, 1.82) is 0 Å². The predicted octanol–water partition coefficient (Wildman–Crippen LogP) is -0.419. The summed E-state index contributed by atoms with van der Waals surface area (Å²) in [5, 5.41) is 3.19. The third-order valence-electron chi connectivity index (χ3n) is 3.38. The van der Waals surface area contributed by atoms with Crippen LogP contribution in [0.3, 0.4) is 0 Å². The van der Waals surface area contributed by atoms with Crippen LogP contribution in [-0.4, -0.2) is 36.0 Å². The number of rotatable bonds is 0. The van der Waals surface area contributed by atoms with Crippen molar-refractivity contribution < 1.29 is 4.79 Å². The maximum atomic E-state index is 11.4. The van der Waals surface area contributed by atoms with Crippen LogP contribution in [0.4, 0.5) is 0 Å². The Morgan fingerprint density at radius 3 is 3.09 bits per heavy atom. The number of amides is 1. The van der Waals surface area contributed by atoms with Crippen LogP contribution in [0.25, 0.3) is 0 Å². The molecule has 60 valence electrons. The van der Waals surface area contributed by atoms with Gasteiger partial charge in [0.2, 0.25) is 5.91 Å². The van der Waals surface area contributed by atoms with Gasteiger partial charge in [0.15, 0.2) is 0 Å². The first kappa shape index (κ1) is 6.00. The number of piperazine rings is 1. The lowest BCUT2D eigenvalue weighted by Crippen LogP contribution is -2.61. The van der Waals surface area contributed by atoms with E-state index in [-0.39, 0.29) is 5.54 Å². The van der Waals surface area contributed by atoms with Crippen molar-refractivity contribution in [3.63, 3.8) is 0 Å². The molecule has 3 heterocycles. The summed E-state index contributed by atoms with van der Waals surface area (Å²) in [7, 11) is 0. The SMILES string of the molecule is O=C1CNCC23CC(CN12)C3. The number of nitrogens with zero attached hydrogens (tertiary/aromatic N) is 1. The third kappa shape index (κ3) is 0.562. The van der Waals surface area contributed by atoms with Crippen molar-refractivity contribution in [2.45, 2.75) is 18.4 Å². The highest BCUT2D eigenvalue weighted by Crippen LogP contribution is 2.50. The molecule has 0 aromatic heterocycles. The fourth-order valence-electron chi connectivity index (χ4n) is 2.92. The summed E-state index contributed by atoms with van der Waals surface area (Å²) < 4.78 is 0. The van der Waals surface area contributed by atoms with E-state index in [1.54, 1.807) is 0 Å². The normalized spacial score (nSPS) is 47.1. The average Bonchev–Trinajstić information content (AvgIpc) is 2.40. The van der Waals surface area contributed by atoms with E-state index in [1.807, 2.05) is 0 Å². The van der Waals surface area contributed by atoms with Gasteiger partial charge in [-0.25, -0.2) is 0 Å². The van der Waals surface area contributed by atoms with E-state index >= 15 is 0 Å². The second-order valence-corrected chi connectivity index (χ2v) is 4.11. The van der Waals surface area contributed by atoms with Crippen LogP contribution in [0.15, 0.2) is 0 Å². The van der Waals surface area contributed by atoms with Gasteiger partial charge in [0.1, 0.15) is 0 Å². The molecule has 1 spiro atoms. The van der Waals surface area contributed by atoms with Gasteiger partial charge in [-0.2, -0.15) is 0 Å². The van der Waals surface area contributed by atoms with E-state index in [2.05, 4.69) is 10.2 Å². The molecule has 1 aliphatic carbocycles. The summed E-state index contributed by atoms with van der Waals surface area (Å²) >= 11 is 0.